The molecule has 4 aromatic rings. The number of methoxy groups -OCH3 is 2. The van der Waals surface area contributed by atoms with Crippen molar-refractivity contribution in [3.8, 4) is 11.5 Å². The molecule has 2 heterocycles. The SMILES string of the molecule is COc1ccc([C@@H]2[C@H](C(=O)c3ccc(C)cc3)N3c4ccccc4C=C[C@H]3C23C(=O)c2ccccc2C3=O)c(OC)c1. The Kier molecular flexibility index (Phi) is 5.91. The summed E-state index contributed by atoms with van der Waals surface area (Å²) in [5.74, 6) is -0.552. The summed E-state index contributed by atoms with van der Waals surface area (Å²) in [5, 5.41) is 0. The molecular weight excluding hydrogens is 526 g/mol. The number of hydrogen-bond acceptors (Lipinski definition) is 6. The molecule has 1 saturated heterocycles. The maximum atomic E-state index is 14.8. The highest BCUT2D eigenvalue weighted by molar-refractivity contribution is 6.32. The zero-order valence-corrected chi connectivity index (χ0v) is 23.5. The summed E-state index contributed by atoms with van der Waals surface area (Å²) >= 11 is 0. The number of para-hydroxylation sites is 1. The molecule has 3 atom stereocenters. The maximum Gasteiger partial charge on any atom is 0.185 e. The van der Waals surface area contributed by atoms with Crippen LogP contribution < -0.4 is 14.4 Å². The van der Waals surface area contributed by atoms with Gasteiger partial charge >= 0.3 is 0 Å². The topological polar surface area (TPSA) is 72.9 Å². The fraction of sp³-hybridized carbons (Fsp3) is 0.194. The highest BCUT2D eigenvalue weighted by Gasteiger charge is 2.71. The van der Waals surface area contributed by atoms with Gasteiger partial charge in [0.15, 0.2) is 17.3 Å². The van der Waals surface area contributed by atoms with Crippen LogP contribution in [0.2, 0.25) is 0 Å². The molecule has 3 aliphatic rings. The van der Waals surface area contributed by atoms with Crippen LogP contribution in [0.5, 0.6) is 11.5 Å². The largest absolute Gasteiger partial charge is 0.497 e. The number of Topliss-reactive ketones (excluding diaryl/α,β-unsaturated/α-hetero) is 3. The van der Waals surface area contributed by atoms with E-state index in [1.807, 2.05) is 78.6 Å². The number of ketones is 3. The van der Waals surface area contributed by atoms with Crippen LogP contribution in [0, 0.1) is 12.3 Å². The van der Waals surface area contributed by atoms with Gasteiger partial charge in [0.05, 0.1) is 20.3 Å². The van der Waals surface area contributed by atoms with E-state index < -0.39 is 23.4 Å². The summed E-state index contributed by atoms with van der Waals surface area (Å²) in [6, 6.07) is 26.0. The smallest absolute Gasteiger partial charge is 0.185 e. The van der Waals surface area contributed by atoms with Gasteiger partial charge in [-0.1, -0.05) is 90.5 Å². The second-order valence-electron chi connectivity index (χ2n) is 11.1. The fourth-order valence-corrected chi connectivity index (χ4v) is 7.22. The third-order valence-electron chi connectivity index (χ3n) is 9.09. The van der Waals surface area contributed by atoms with Crippen molar-refractivity contribution >= 4 is 29.1 Å². The summed E-state index contributed by atoms with van der Waals surface area (Å²) in [7, 11) is 3.12. The van der Waals surface area contributed by atoms with Crippen molar-refractivity contribution in [1.29, 1.82) is 0 Å². The first-order chi connectivity index (χ1) is 20.4. The van der Waals surface area contributed by atoms with Crippen LogP contribution in [0.1, 0.15) is 53.7 Å². The molecule has 0 aromatic heterocycles. The number of aryl methyl sites for hydroxylation is 1. The van der Waals surface area contributed by atoms with Gasteiger partial charge in [-0.25, -0.2) is 0 Å². The van der Waals surface area contributed by atoms with E-state index in [0.29, 0.717) is 33.8 Å². The Bertz CT molecular complexity index is 1770. The molecule has 0 unspecified atom stereocenters. The Balaban J connectivity index is 1.57. The number of rotatable bonds is 5. The third-order valence-corrected chi connectivity index (χ3v) is 9.09. The van der Waals surface area contributed by atoms with Crippen LogP contribution in [0.3, 0.4) is 0 Å². The normalized spacial score (nSPS) is 21.2. The first kappa shape index (κ1) is 26.0. The van der Waals surface area contributed by atoms with Gasteiger partial charge in [0.2, 0.25) is 0 Å². The first-order valence-corrected chi connectivity index (χ1v) is 14.0. The molecule has 208 valence electrons. The number of carbonyl (C=O) groups excluding carboxylic acids is 3. The van der Waals surface area contributed by atoms with Crippen molar-refractivity contribution in [2.45, 2.75) is 24.9 Å². The minimum Gasteiger partial charge on any atom is -0.497 e. The molecule has 0 amide bonds. The highest BCUT2D eigenvalue weighted by Crippen LogP contribution is 2.62. The lowest BCUT2D eigenvalue weighted by Gasteiger charge is -2.37. The highest BCUT2D eigenvalue weighted by atomic mass is 16.5. The van der Waals surface area contributed by atoms with E-state index in [9.17, 15) is 14.4 Å². The monoisotopic (exact) mass is 555 g/mol. The zero-order valence-electron chi connectivity index (χ0n) is 23.5. The van der Waals surface area contributed by atoms with Gasteiger partial charge in [-0.15, -0.1) is 0 Å². The number of anilines is 1. The number of fused-ring (bicyclic) bond motifs is 5. The van der Waals surface area contributed by atoms with E-state index in [1.54, 1.807) is 50.6 Å². The molecule has 1 aliphatic carbocycles. The molecule has 0 saturated carbocycles. The van der Waals surface area contributed by atoms with Gasteiger partial charge in [0, 0.05) is 39.9 Å². The second-order valence-corrected chi connectivity index (χ2v) is 11.1. The number of ether oxygens (including phenoxy) is 2. The Morgan fingerprint density at radius 3 is 2.14 bits per heavy atom. The Morgan fingerprint density at radius 1 is 0.810 bits per heavy atom. The molecule has 7 rings (SSSR count). The van der Waals surface area contributed by atoms with Crippen molar-refractivity contribution in [3.05, 3.63) is 130 Å². The lowest BCUT2D eigenvalue weighted by molar-refractivity contribution is 0.0665. The number of benzene rings is 4. The van der Waals surface area contributed by atoms with Crippen LogP contribution in [0.25, 0.3) is 6.08 Å². The minimum atomic E-state index is -1.60. The fourth-order valence-electron chi connectivity index (χ4n) is 7.22. The van der Waals surface area contributed by atoms with Crippen LogP contribution in [-0.2, 0) is 0 Å². The molecule has 0 bridgehead atoms. The molecule has 42 heavy (non-hydrogen) atoms. The van der Waals surface area contributed by atoms with Gasteiger partial charge < -0.3 is 14.4 Å². The first-order valence-electron chi connectivity index (χ1n) is 14.0. The van der Waals surface area contributed by atoms with Crippen LogP contribution in [-0.4, -0.2) is 43.7 Å². The van der Waals surface area contributed by atoms with Gasteiger partial charge in [-0.05, 0) is 24.6 Å². The van der Waals surface area contributed by atoms with E-state index in [0.717, 1.165) is 16.8 Å². The van der Waals surface area contributed by atoms with Crippen LogP contribution in [0.4, 0.5) is 5.69 Å². The molecule has 6 heteroatoms. The quantitative estimate of drug-likeness (QED) is 0.212. The van der Waals surface area contributed by atoms with Gasteiger partial charge in [0.25, 0.3) is 0 Å². The zero-order chi connectivity index (χ0) is 29.2. The number of nitrogens with zero attached hydrogens (tertiary/aromatic N) is 1. The lowest BCUT2D eigenvalue weighted by atomic mass is 9.64. The molecule has 4 aromatic carbocycles. The van der Waals surface area contributed by atoms with Gasteiger partial charge in [0.1, 0.15) is 23.0 Å². The molecule has 2 aliphatic heterocycles. The summed E-state index contributed by atoms with van der Waals surface area (Å²) in [4.78, 5) is 46.4. The van der Waals surface area contributed by atoms with Crippen molar-refractivity contribution in [2.75, 3.05) is 19.1 Å². The number of carbonyl (C=O) groups is 3. The maximum absolute atomic E-state index is 14.8. The molecule has 1 spiro atoms. The Labute approximate surface area is 244 Å². The lowest BCUT2D eigenvalue weighted by Crippen LogP contribution is -2.48. The van der Waals surface area contributed by atoms with Crippen LogP contribution >= 0.6 is 0 Å². The van der Waals surface area contributed by atoms with Gasteiger partial charge in [-0.3, -0.25) is 14.4 Å². The Hall–Kier alpha value is -4.97. The van der Waals surface area contributed by atoms with Crippen LogP contribution in [0.15, 0.2) is 97.1 Å². The molecule has 0 N–H and O–H groups in total. The van der Waals surface area contributed by atoms with E-state index in [1.165, 1.54) is 0 Å². The Morgan fingerprint density at radius 2 is 1.48 bits per heavy atom. The van der Waals surface area contributed by atoms with E-state index >= 15 is 0 Å². The summed E-state index contributed by atoms with van der Waals surface area (Å²) in [6.45, 7) is 1.97. The average molecular weight is 556 g/mol. The van der Waals surface area contributed by atoms with E-state index in [2.05, 4.69) is 0 Å². The molecular formula is C36H29NO5. The van der Waals surface area contributed by atoms with Crippen molar-refractivity contribution in [3.63, 3.8) is 0 Å². The average Bonchev–Trinajstić information content (AvgIpc) is 3.46. The summed E-state index contributed by atoms with van der Waals surface area (Å²) in [5.41, 5.74) is 3.06. The predicted molar refractivity (Wildman–Crippen MR) is 161 cm³/mol. The van der Waals surface area contributed by atoms with Gasteiger partial charge in [-0.2, -0.15) is 0 Å². The standard InChI is InChI=1S/C36H29NO5/c1-21-12-14-23(15-13-21)33(38)32-31(27-18-17-24(41-2)20-29(27)42-3)36(34(39)25-9-5-6-10-26(25)35(36)40)30-19-16-22-8-4-7-11-28(22)37(30)32/h4-20,30-32H,1-3H3/t30-,31+,32+/m0/s1. The molecule has 0 radical (unpaired) electrons. The summed E-state index contributed by atoms with van der Waals surface area (Å²) in [6.07, 6.45) is 3.89. The van der Waals surface area contributed by atoms with E-state index in [4.69, 9.17) is 9.47 Å². The summed E-state index contributed by atoms with van der Waals surface area (Å²) < 4.78 is 11.4. The second kappa shape index (κ2) is 9.55. The predicted octanol–water partition coefficient (Wildman–Crippen LogP) is 6.33. The van der Waals surface area contributed by atoms with Crippen molar-refractivity contribution < 1.29 is 23.9 Å². The molecule has 6 nitrogen and oxygen atoms in total. The van der Waals surface area contributed by atoms with E-state index in [-0.39, 0.29) is 17.3 Å². The molecule has 1 fully saturated rings. The van der Waals surface area contributed by atoms with Crippen molar-refractivity contribution in [1.82, 2.24) is 0 Å². The minimum absolute atomic E-state index is 0.165. The third kappa shape index (κ3) is 3.41. The van der Waals surface area contributed by atoms with Crippen molar-refractivity contribution in [2.24, 2.45) is 5.41 Å². The number of hydrogen-bond donors (Lipinski definition) is 0.